The van der Waals surface area contributed by atoms with Gasteiger partial charge in [-0.1, -0.05) is 48.0 Å². The minimum Gasteiger partial charge on any atom is -0.301 e. The highest BCUT2D eigenvalue weighted by atomic mass is 35.5. The molecular formula is C24H20ClN3O3S2. The molecule has 1 aromatic heterocycles. The molecule has 0 radical (unpaired) electrons. The van der Waals surface area contributed by atoms with E-state index in [2.05, 4.69) is 22.4 Å². The Kier molecular flexibility index (Phi) is 5.92. The second kappa shape index (κ2) is 8.87. The van der Waals surface area contributed by atoms with Crippen molar-refractivity contribution in [3.8, 4) is 11.3 Å². The fourth-order valence-electron chi connectivity index (χ4n) is 4.03. The van der Waals surface area contributed by atoms with Crippen LogP contribution in [0.3, 0.4) is 0 Å². The van der Waals surface area contributed by atoms with Crippen LogP contribution in [0.1, 0.15) is 12.8 Å². The topological polar surface area (TPSA) is 79.4 Å². The van der Waals surface area contributed by atoms with E-state index in [0.717, 1.165) is 22.0 Å². The summed E-state index contributed by atoms with van der Waals surface area (Å²) in [6.07, 6.45) is 1.08. The van der Waals surface area contributed by atoms with Gasteiger partial charge in [0.1, 0.15) is 6.04 Å². The Hall–Kier alpha value is -2.78. The molecule has 0 saturated carbocycles. The van der Waals surface area contributed by atoms with Gasteiger partial charge in [-0.05, 0) is 53.9 Å². The molecule has 2 heterocycles. The van der Waals surface area contributed by atoms with E-state index in [1.165, 1.54) is 39.9 Å². The Labute approximate surface area is 200 Å². The molecule has 6 nitrogen and oxygen atoms in total. The van der Waals surface area contributed by atoms with Crippen molar-refractivity contribution in [2.45, 2.75) is 23.8 Å². The monoisotopic (exact) mass is 497 g/mol. The number of carbonyl (C=O) groups is 1. The van der Waals surface area contributed by atoms with Gasteiger partial charge < -0.3 is 5.32 Å². The van der Waals surface area contributed by atoms with Gasteiger partial charge in [0.25, 0.3) is 0 Å². The molecule has 4 aromatic rings. The van der Waals surface area contributed by atoms with Crippen LogP contribution in [-0.4, -0.2) is 36.2 Å². The van der Waals surface area contributed by atoms with E-state index >= 15 is 0 Å². The molecule has 1 unspecified atom stereocenters. The van der Waals surface area contributed by atoms with Crippen molar-refractivity contribution in [3.63, 3.8) is 0 Å². The summed E-state index contributed by atoms with van der Waals surface area (Å²) in [5.41, 5.74) is 1.72. The van der Waals surface area contributed by atoms with E-state index in [0.29, 0.717) is 29.5 Å². The molecule has 168 valence electrons. The lowest BCUT2D eigenvalue weighted by atomic mass is 10.1. The highest BCUT2D eigenvalue weighted by Gasteiger charge is 2.39. The molecule has 1 fully saturated rings. The minimum absolute atomic E-state index is 0.124. The SMILES string of the molecule is O=C(Nc1nc(-c2ccc3ccccc3c2)cs1)C1CCCN1S(=O)(=O)c1ccc(Cl)cc1. The second-order valence-electron chi connectivity index (χ2n) is 7.82. The van der Waals surface area contributed by atoms with E-state index in [-0.39, 0.29) is 10.8 Å². The number of amides is 1. The molecule has 0 spiro atoms. The summed E-state index contributed by atoms with van der Waals surface area (Å²) in [6.45, 7) is 0.295. The number of aromatic nitrogens is 1. The fraction of sp³-hybridized carbons (Fsp3) is 0.167. The molecule has 9 heteroatoms. The van der Waals surface area contributed by atoms with Crippen molar-refractivity contribution in [1.82, 2.24) is 9.29 Å². The Morgan fingerprint density at radius 3 is 2.61 bits per heavy atom. The second-order valence-corrected chi connectivity index (χ2v) is 11.0. The zero-order valence-electron chi connectivity index (χ0n) is 17.4. The molecule has 1 amide bonds. The molecule has 1 atom stereocenters. The molecule has 3 aromatic carbocycles. The quantitative estimate of drug-likeness (QED) is 0.400. The molecule has 1 N–H and O–H groups in total. The smallest absolute Gasteiger partial charge is 0.244 e. The standard InChI is InChI=1S/C24H20ClN3O3S2/c25-19-9-11-20(12-10-19)33(30,31)28-13-3-6-22(28)23(29)27-24-26-21(15-32-24)18-8-7-16-4-1-2-5-17(16)14-18/h1-2,4-5,7-12,14-15,22H,3,6,13H2,(H,26,27,29). The van der Waals surface area contributed by atoms with Crippen molar-refractivity contribution < 1.29 is 13.2 Å². The van der Waals surface area contributed by atoms with Gasteiger partial charge in [-0.2, -0.15) is 4.31 Å². The number of nitrogens with one attached hydrogen (secondary N) is 1. The van der Waals surface area contributed by atoms with Crippen LogP contribution in [-0.2, 0) is 14.8 Å². The third-order valence-electron chi connectivity index (χ3n) is 5.71. The van der Waals surface area contributed by atoms with Crippen molar-refractivity contribution >= 4 is 54.8 Å². The number of sulfonamides is 1. The van der Waals surface area contributed by atoms with Crippen molar-refractivity contribution in [1.29, 1.82) is 0 Å². The number of carbonyl (C=O) groups excluding carboxylic acids is 1. The first-order valence-electron chi connectivity index (χ1n) is 10.4. The van der Waals surface area contributed by atoms with Gasteiger partial charge in [0.05, 0.1) is 10.6 Å². The number of rotatable bonds is 5. The molecule has 1 saturated heterocycles. The van der Waals surface area contributed by atoms with E-state index in [1.54, 1.807) is 0 Å². The molecular weight excluding hydrogens is 478 g/mol. The fourth-order valence-corrected chi connectivity index (χ4v) is 6.54. The molecule has 0 bridgehead atoms. The van der Waals surface area contributed by atoms with Crippen LogP contribution in [0, 0.1) is 0 Å². The number of nitrogens with zero attached hydrogens (tertiary/aromatic N) is 2. The Bertz CT molecular complexity index is 1430. The van der Waals surface area contributed by atoms with Crippen LogP contribution in [0.5, 0.6) is 0 Å². The normalized spacial score (nSPS) is 16.8. The molecule has 1 aliphatic rings. The summed E-state index contributed by atoms with van der Waals surface area (Å²) in [5.74, 6) is -0.371. The highest BCUT2D eigenvalue weighted by Crippen LogP contribution is 2.30. The third-order valence-corrected chi connectivity index (χ3v) is 8.64. The van der Waals surface area contributed by atoms with Crippen LogP contribution in [0.4, 0.5) is 5.13 Å². The number of benzene rings is 3. The Morgan fingerprint density at radius 1 is 1.06 bits per heavy atom. The minimum atomic E-state index is -3.80. The summed E-state index contributed by atoms with van der Waals surface area (Å²) >= 11 is 7.21. The molecule has 33 heavy (non-hydrogen) atoms. The van der Waals surface area contributed by atoms with Crippen LogP contribution >= 0.6 is 22.9 Å². The molecule has 0 aliphatic carbocycles. The highest BCUT2D eigenvalue weighted by molar-refractivity contribution is 7.89. The van der Waals surface area contributed by atoms with E-state index in [1.807, 2.05) is 35.7 Å². The maximum Gasteiger partial charge on any atom is 0.244 e. The zero-order chi connectivity index (χ0) is 23.0. The molecule has 5 rings (SSSR count). The van der Waals surface area contributed by atoms with Gasteiger partial charge in [-0.3, -0.25) is 4.79 Å². The van der Waals surface area contributed by atoms with Gasteiger partial charge in [-0.15, -0.1) is 11.3 Å². The van der Waals surface area contributed by atoms with Crippen molar-refractivity contribution in [2.75, 3.05) is 11.9 Å². The van der Waals surface area contributed by atoms with Crippen LogP contribution in [0.25, 0.3) is 22.0 Å². The van der Waals surface area contributed by atoms with Crippen LogP contribution < -0.4 is 5.32 Å². The molecule has 1 aliphatic heterocycles. The van der Waals surface area contributed by atoms with Crippen LogP contribution in [0.2, 0.25) is 5.02 Å². The van der Waals surface area contributed by atoms with Crippen LogP contribution in [0.15, 0.2) is 77.0 Å². The summed E-state index contributed by atoms with van der Waals surface area (Å²) in [6, 6.07) is 19.4. The largest absolute Gasteiger partial charge is 0.301 e. The van der Waals surface area contributed by atoms with Gasteiger partial charge in [-0.25, -0.2) is 13.4 Å². The first-order valence-corrected chi connectivity index (χ1v) is 13.1. The lowest BCUT2D eigenvalue weighted by Crippen LogP contribution is -2.43. The lowest BCUT2D eigenvalue weighted by Gasteiger charge is -2.23. The Morgan fingerprint density at radius 2 is 1.82 bits per heavy atom. The number of thiazole rings is 1. The first-order chi connectivity index (χ1) is 15.9. The zero-order valence-corrected chi connectivity index (χ0v) is 19.8. The number of fused-ring (bicyclic) bond motifs is 1. The third kappa shape index (κ3) is 4.39. The maximum absolute atomic E-state index is 13.1. The van der Waals surface area contributed by atoms with Gasteiger partial charge in [0.15, 0.2) is 5.13 Å². The number of hydrogen-bond acceptors (Lipinski definition) is 5. The number of anilines is 1. The predicted octanol–water partition coefficient (Wildman–Crippen LogP) is 5.41. The maximum atomic E-state index is 13.1. The van der Waals surface area contributed by atoms with Gasteiger partial charge in [0.2, 0.25) is 15.9 Å². The van der Waals surface area contributed by atoms with E-state index in [4.69, 9.17) is 11.6 Å². The lowest BCUT2D eigenvalue weighted by molar-refractivity contribution is -0.119. The van der Waals surface area contributed by atoms with E-state index < -0.39 is 16.1 Å². The Balaban J connectivity index is 1.34. The summed E-state index contributed by atoms with van der Waals surface area (Å²) in [4.78, 5) is 17.7. The van der Waals surface area contributed by atoms with Gasteiger partial charge >= 0.3 is 0 Å². The average Bonchev–Trinajstić information content (AvgIpc) is 3.49. The summed E-state index contributed by atoms with van der Waals surface area (Å²) in [7, 11) is -3.80. The van der Waals surface area contributed by atoms with E-state index in [9.17, 15) is 13.2 Å². The summed E-state index contributed by atoms with van der Waals surface area (Å²) < 4.78 is 27.5. The first kappa shape index (κ1) is 22.0. The number of hydrogen-bond donors (Lipinski definition) is 1. The average molecular weight is 498 g/mol. The number of halogens is 1. The van der Waals surface area contributed by atoms with Gasteiger partial charge in [0, 0.05) is 22.5 Å². The predicted molar refractivity (Wildman–Crippen MR) is 132 cm³/mol. The van der Waals surface area contributed by atoms with Crippen molar-refractivity contribution in [3.05, 3.63) is 77.1 Å². The van der Waals surface area contributed by atoms with Crippen molar-refractivity contribution in [2.24, 2.45) is 0 Å². The summed E-state index contributed by atoms with van der Waals surface area (Å²) in [5, 5.41) is 7.86.